The molecule has 192 valence electrons. The van der Waals surface area contributed by atoms with Crippen LogP contribution in [-0.2, 0) is 16.0 Å². The molecule has 36 heavy (non-hydrogen) atoms. The molecule has 0 saturated carbocycles. The number of nitrogens with one attached hydrogen (secondary N) is 1. The molecule has 1 fully saturated rings. The Labute approximate surface area is 212 Å². The van der Waals surface area contributed by atoms with E-state index in [0.29, 0.717) is 41.2 Å². The van der Waals surface area contributed by atoms with E-state index in [1.54, 1.807) is 26.1 Å². The van der Waals surface area contributed by atoms with Gasteiger partial charge in [0.15, 0.2) is 0 Å². The summed E-state index contributed by atoms with van der Waals surface area (Å²) in [4.78, 5) is 27.1. The number of benzene rings is 2. The Balaban J connectivity index is 1.55. The highest BCUT2D eigenvalue weighted by atomic mass is 16.5. The monoisotopic (exact) mass is 492 g/mol. The number of likely N-dealkylation sites (tertiary alicyclic amines) is 1. The van der Waals surface area contributed by atoms with Gasteiger partial charge in [-0.3, -0.25) is 4.79 Å². The number of carbonyl (C=O) groups excluding carboxylic acids is 2. The van der Waals surface area contributed by atoms with E-state index in [9.17, 15) is 14.7 Å². The molecular weight excluding hydrogens is 456 g/mol. The smallest absolute Gasteiger partial charge is 0.342 e. The van der Waals surface area contributed by atoms with E-state index in [2.05, 4.69) is 10.2 Å². The molecule has 0 bridgehead atoms. The highest BCUT2D eigenvalue weighted by Gasteiger charge is 2.27. The summed E-state index contributed by atoms with van der Waals surface area (Å²) in [5, 5.41) is 14.1. The molecule has 7 heteroatoms. The normalized spacial score (nSPS) is 15.9. The van der Waals surface area contributed by atoms with E-state index in [-0.39, 0.29) is 18.3 Å². The fourth-order valence-electron chi connectivity index (χ4n) is 5.29. The SMILES string of the molecule is CCOC(=O)c1c(-c2ccccc2)oc2ccc(O)c(CCCN3CCCC3CCCC(=O)NC)c12. The maximum atomic E-state index is 13.1. The van der Waals surface area contributed by atoms with Crippen molar-refractivity contribution in [2.45, 2.75) is 57.9 Å². The molecular formula is C29H36N2O5. The summed E-state index contributed by atoms with van der Waals surface area (Å²) in [7, 11) is 1.68. The third-order valence-corrected chi connectivity index (χ3v) is 7.05. The van der Waals surface area contributed by atoms with Crippen molar-refractivity contribution in [3.8, 4) is 17.1 Å². The van der Waals surface area contributed by atoms with Crippen LogP contribution < -0.4 is 5.32 Å². The maximum absolute atomic E-state index is 13.1. The van der Waals surface area contributed by atoms with Gasteiger partial charge < -0.3 is 24.5 Å². The quantitative estimate of drug-likeness (QED) is 0.353. The van der Waals surface area contributed by atoms with Crippen LogP contribution in [0.2, 0.25) is 0 Å². The number of rotatable bonds is 11. The lowest BCUT2D eigenvalue weighted by Crippen LogP contribution is -2.31. The number of phenolic OH excluding ortho intramolecular Hbond substituents is 1. The van der Waals surface area contributed by atoms with Crippen molar-refractivity contribution in [1.82, 2.24) is 10.2 Å². The molecule has 2 heterocycles. The van der Waals surface area contributed by atoms with Crippen molar-refractivity contribution >= 4 is 22.8 Å². The molecule has 1 amide bonds. The van der Waals surface area contributed by atoms with Crippen molar-refractivity contribution in [3.05, 3.63) is 53.6 Å². The Morgan fingerprint density at radius 2 is 1.97 bits per heavy atom. The van der Waals surface area contributed by atoms with Crippen molar-refractivity contribution in [3.63, 3.8) is 0 Å². The van der Waals surface area contributed by atoms with Crippen LogP contribution >= 0.6 is 0 Å². The predicted molar refractivity (Wildman–Crippen MR) is 140 cm³/mol. The fourth-order valence-corrected chi connectivity index (χ4v) is 5.29. The van der Waals surface area contributed by atoms with E-state index in [4.69, 9.17) is 9.15 Å². The number of amides is 1. The zero-order valence-corrected chi connectivity index (χ0v) is 21.2. The molecule has 0 aliphatic carbocycles. The molecule has 4 rings (SSSR count). The molecule has 2 N–H and O–H groups in total. The first-order valence-corrected chi connectivity index (χ1v) is 13.0. The summed E-state index contributed by atoms with van der Waals surface area (Å²) in [6.45, 7) is 3.99. The number of esters is 1. The molecule has 3 aromatic rings. The average molecular weight is 493 g/mol. The molecule has 2 aromatic carbocycles. The molecule has 0 radical (unpaired) electrons. The van der Waals surface area contributed by atoms with E-state index in [0.717, 1.165) is 49.9 Å². The maximum Gasteiger partial charge on any atom is 0.342 e. The number of aromatic hydroxyl groups is 1. The minimum atomic E-state index is -0.447. The van der Waals surface area contributed by atoms with E-state index < -0.39 is 5.97 Å². The molecule has 1 unspecified atom stereocenters. The Morgan fingerprint density at radius 3 is 2.72 bits per heavy atom. The topological polar surface area (TPSA) is 92.0 Å². The fraction of sp³-hybridized carbons (Fsp3) is 0.448. The third-order valence-electron chi connectivity index (χ3n) is 7.05. The van der Waals surface area contributed by atoms with Gasteiger partial charge in [-0.1, -0.05) is 30.3 Å². The number of aryl methyl sites for hydroxylation is 1. The van der Waals surface area contributed by atoms with Crippen LogP contribution in [0, 0.1) is 0 Å². The summed E-state index contributed by atoms with van der Waals surface area (Å²) >= 11 is 0. The van der Waals surface area contributed by atoms with Gasteiger partial charge in [-0.05, 0) is 70.7 Å². The summed E-state index contributed by atoms with van der Waals surface area (Å²) in [6.07, 6.45) is 6.25. The third kappa shape index (κ3) is 5.73. The number of fused-ring (bicyclic) bond motifs is 1. The van der Waals surface area contributed by atoms with Gasteiger partial charge in [0.1, 0.15) is 22.7 Å². The van der Waals surface area contributed by atoms with Crippen molar-refractivity contribution in [2.24, 2.45) is 0 Å². The van der Waals surface area contributed by atoms with Crippen molar-refractivity contribution in [1.29, 1.82) is 0 Å². The predicted octanol–water partition coefficient (Wildman–Crippen LogP) is 5.30. The number of phenols is 1. The molecule has 1 saturated heterocycles. The van der Waals surface area contributed by atoms with Gasteiger partial charge in [-0.2, -0.15) is 0 Å². The first kappa shape index (κ1) is 25.8. The van der Waals surface area contributed by atoms with Gasteiger partial charge in [-0.15, -0.1) is 0 Å². The second-order valence-electron chi connectivity index (χ2n) is 9.33. The number of hydrogen-bond donors (Lipinski definition) is 2. The molecule has 7 nitrogen and oxygen atoms in total. The van der Waals surface area contributed by atoms with Crippen LogP contribution in [0.4, 0.5) is 0 Å². The Bertz CT molecular complexity index is 1190. The minimum absolute atomic E-state index is 0.0931. The molecule has 1 atom stereocenters. The van der Waals surface area contributed by atoms with Crippen LogP contribution in [0.1, 0.15) is 61.4 Å². The van der Waals surface area contributed by atoms with Gasteiger partial charge >= 0.3 is 5.97 Å². The lowest BCUT2D eigenvalue weighted by atomic mass is 9.98. The first-order valence-electron chi connectivity index (χ1n) is 13.0. The van der Waals surface area contributed by atoms with Gasteiger partial charge in [0.2, 0.25) is 5.91 Å². The minimum Gasteiger partial charge on any atom is -0.508 e. The van der Waals surface area contributed by atoms with Gasteiger partial charge in [0.05, 0.1) is 6.61 Å². The number of ether oxygens (including phenoxy) is 1. The van der Waals surface area contributed by atoms with Crippen LogP contribution in [0.5, 0.6) is 5.75 Å². The van der Waals surface area contributed by atoms with E-state index in [1.165, 1.54) is 6.42 Å². The van der Waals surface area contributed by atoms with Crippen LogP contribution in [0.25, 0.3) is 22.3 Å². The van der Waals surface area contributed by atoms with Crippen molar-refractivity contribution in [2.75, 3.05) is 26.7 Å². The first-order chi connectivity index (χ1) is 17.5. The van der Waals surface area contributed by atoms with E-state index in [1.807, 2.05) is 30.3 Å². The number of carbonyl (C=O) groups is 2. The lowest BCUT2D eigenvalue weighted by molar-refractivity contribution is -0.120. The van der Waals surface area contributed by atoms with Crippen molar-refractivity contribution < 1.29 is 23.8 Å². The summed E-state index contributed by atoms with van der Waals surface area (Å²) in [5.41, 5.74) is 2.45. The van der Waals surface area contributed by atoms with Gasteiger partial charge in [0.25, 0.3) is 0 Å². The zero-order chi connectivity index (χ0) is 25.5. The lowest BCUT2D eigenvalue weighted by Gasteiger charge is -2.24. The molecule has 1 aromatic heterocycles. The Hall–Kier alpha value is -3.32. The largest absolute Gasteiger partial charge is 0.508 e. The average Bonchev–Trinajstić information content (AvgIpc) is 3.50. The second-order valence-corrected chi connectivity index (χ2v) is 9.33. The van der Waals surface area contributed by atoms with E-state index >= 15 is 0 Å². The van der Waals surface area contributed by atoms with Crippen LogP contribution in [0.3, 0.4) is 0 Å². The molecule has 1 aliphatic heterocycles. The number of nitrogens with zero attached hydrogens (tertiary/aromatic N) is 1. The molecule has 0 spiro atoms. The highest BCUT2D eigenvalue weighted by Crippen LogP contribution is 2.39. The summed E-state index contributed by atoms with van der Waals surface area (Å²) in [5.74, 6) is 0.275. The van der Waals surface area contributed by atoms with Crippen LogP contribution in [0.15, 0.2) is 46.9 Å². The Morgan fingerprint density at radius 1 is 1.17 bits per heavy atom. The standard InChI is InChI=1S/C29H36N2O5/c1-3-35-29(34)27-26-22(14-9-19-31-18-8-13-21(31)12-7-15-25(33)30-2)23(32)16-17-24(26)36-28(27)20-10-5-4-6-11-20/h4-6,10-11,16-17,21,32H,3,7-9,12-15,18-19H2,1-2H3,(H,30,33). The second kappa shape index (κ2) is 12.1. The zero-order valence-electron chi connectivity index (χ0n) is 21.2. The molecule has 1 aliphatic rings. The van der Waals surface area contributed by atoms with Gasteiger partial charge in [0, 0.05) is 36.0 Å². The van der Waals surface area contributed by atoms with Gasteiger partial charge in [-0.25, -0.2) is 4.79 Å². The Kier molecular flexibility index (Phi) is 8.65. The summed E-state index contributed by atoms with van der Waals surface area (Å²) in [6, 6.07) is 13.4. The number of hydrogen-bond acceptors (Lipinski definition) is 6. The highest BCUT2D eigenvalue weighted by molar-refractivity contribution is 6.10. The van der Waals surface area contributed by atoms with Crippen LogP contribution in [-0.4, -0.2) is 54.7 Å². The number of furan rings is 1. The summed E-state index contributed by atoms with van der Waals surface area (Å²) < 4.78 is 11.6.